The van der Waals surface area contributed by atoms with Crippen molar-refractivity contribution in [3.8, 4) is 12.3 Å². The molecule has 1 N–H and O–H groups in total. The molecule has 22 heavy (non-hydrogen) atoms. The molecule has 0 bridgehead atoms. The van der Waals surface area contributed by atoms with E-state index in [-0.39, 0.29) is 18.9 Å². The van der Waals surface area contributed by atoms with Gasteiger partial charge in [0.1, 0.15) is 5.54 Å². The standard InChI is InChI=1S/C17H20N2O3/c1-4-17(5-2,6-3)18-15(20)11-12-19-13-9-7-8-10-14(13)22-16(19)21/h1,7-10H,5-6,11-12H2,2-3H3,(H,18,20). The second-order valence-corrected chi connectivity index (χ2v) is 5.22. The molecule has 2 rings (SSSR count). The molecule has 0 saturated heterocycles. The number of amides is 1. The van der Waals surface area contributed by atoms with Gasteiger partial charge in [-0.15, -0.1) is 6.42 Å². The first kappa shape index (κ1) is 15.9. The predicted molar refractivity (Wildman–Crippen MR) is 85.4 cm³/mol. The summed E-state index contributed by atoms with van der Waals surface area (Å²) in [6.45, 7) is 4.14. The van der Waals surface area contributed by atoms with Gasteiger partial charge in [-0.3, -0.25) is 9.36 Å². The van der Waals surface area contributed by atoms with Gasteiger partial charge in [0.15, 0.2) is 5.58 Å². The second-order valence-electron chi connectivity index (χ2n) is 5.22. The van der Waals surface area contributed by atoms with Crippen LogP contribution in [0.4, 0.5) is 0 Å². The summed E-state index contributed by atoms with van der Waals surface area (Å²) >= 11 is 0. The van der Waals surface area contributed by atoms with E-state index in [1.165, 1.54) is 4.57 Å². The molecule has 5 nitrogen and oxygen atoms in total. The minimum atomic E-state index is -0.611. The number of terminal acetylenes is 1. The smallest absolute Gasteiger partial charge is 0.408 e. The third kappa shape index (κ3) is 3.06. The fourth-order valence-corrected chi connectivity index (χ4v) is 2.44. The molecule has 1 amide bonds. The number of aromatic nitrogens is 1. The van der Waals surface area contributed by atoms with Crippen molar-refractivity contribution in [2.75, 3.05) is 0 Å². The van der Waals surface area contributed by atoms with E-state index < -0.39 is 11.3 Å². The fraction of sp³-hybridized carbons (Fsp3) is 0.412. The number of nitrogens with zero attached hydrogens (tertiary/aromatic N) is 1. The van der Waals surface area contributed by atoms with Crippen molar-refractivity contribution in [3.05, 3.63) is 34.8 Å². The predicted octanol–water partition coefficient (Wildman–Crippen LogP) is 2.29. The summed E-state index contributed by atoms with van der Waals surface area (Å²) in [5.74, 6) is 2.04. The van der Waals surface area contributed by atoms with Crippen LogP contribution in [0.25, 0.3) is 11.1 Å². The summed E-state index contributed by atoms with van der Waals surface area (Å²) in [5, 5.41) is 2.89. The van der Waals surface area contributed by atoms with Crippen LogP contribution in [0.15, 0.2) is 33.5 Å². The van der Waals surface area contributed by atoms with Crippen molar-refractivity contribution < 1.29 is 9.21 Å². The Bertz CT molecular complexity index is 760. The number of hydrogen-bond acceptors (Lipinski definition) is 3. The summed E-state index contributed by atoms with van der Waals surface area (Å²) in [6.07, 6.45) is 7.04. The van der Waals surface area contributed by atoms with Gasteiger partial charge >= 0.3 is 5.76 Å². The molecule has 0 saturated carbocycles. The van der Waals surface area contributed by atoms with E-state index in [0.717, 1.165) is 0 Å². The van der Waals surface area contributed by atoms with Crippen molar-refractivity contribution in [2.24, 2.45) is 0 Å². The molecule has 0 spiro atoms. The number of oxazole rings is 1. The molecule has 116 valence electrons. The Morgan fingerprint density at radius 3 is 2.68 bits per heavy atom. The molecule has 2 aromatic rings. The van der Waals surface area contributed by atoms with E-state index in [0.29, 0.717) is 23.9 Å². The quantitative estimate of drug-likeness (QED) is 0.833. The molecule has 0 aliphatic rings. The molecule has 1 heterocycles. The van der Waals surface area contributed by atoms with E-state index in [1.807, 2.05) is 19.9 Å². The van der Waals surface area contributed by atoms with Crippen LogP contribution in [0.1, 0.15) is 33.1 Å². The number of nitrogens with one attached hydrogen (secondary N) is 1. The fourth-order valence-electron chi connectivity index (χ4n) is 2.44. The van der Waals surface area contributed by atoms with Gasteiger partial charge in [0.2, 0.25) is 5.91 Å². The zero-order chi connectivity index (χ0) is 16.2. The second kappa shape index (κ2) is 6.52. The molecule has 1 aromatic carbocycles. The number of benzene rings is 1. The topological polar surface area (TPSA) is 64.2 Å². The van der Waals surface area contributed by atoms with Crippen molar-refractivity contribution in [1.82, 2.24) is 9.88 Å². The highest BCUT2D eigenvalue weighted by Gasteiger charge is 2.25. The van der Waals surface area contributed by atoms with Gasteiger partial charge in [-0.1, -0.05) is 31.9 Å². The maximum absolute atomic E-state index is 12.1. The van der Waals surface area contributed by atoms with E-state index in [1.54, 1.807) is 18.2 Å². The van der Waals surface area contributed by atoms with Crippen LogP contribution in [0, 0.1) is 12.3 Å². The zero-order valence-corrected chi connectivity index (χ0v) is 12.9. The molecule has 0 radical (unpaired) electrons. The summed E-state index contributed by atoms with van der Waals surface area (Å²) in [7, 11) is 0. The number of para-hydroxylation sites is 2. The summed E-state index contributed by atoms with van der Waals surface area (Å²) in [4.78, 5) is 24.0. The molecular weight excluding hydrogens is 280 g/mol. The molecular formula is C17H20N2O3. The summed E-state index contributed by atoms with van der Waals surface area (Å²) < 4.78 is 6.60. The first-order valence-electron chi connectivity index (χ1n) is 7.42. The Balaban J connectivity index is 2.09. The Hall–Kier alpha value is -2.48. The minimum Gasteiger partial charge on any atom is -0.408 e. The van der Waals surface area contributed by atoms with E-state index in [4.69, 9.17) is 10.8 Å². The Morgan fingerprint density at radius 1 is 1.36 bits per heavy atom. The van der Waals surface area contributed by atoms with Crippen LogP contribution in [-0.2, 0) is 11.3 Å². The Morgan fingerprint density at radius 2 is 2.05 bits per heavy atom. The molecule has 1 aromatic heterocycles. The highest BCUT2D eigenvalue weighted by molar-refractivity contribution is 5.78. The maximum atomic E-state index is 12.1. The molecule has 0 unspecified atom stereocenters. The van der Waals surface area contributed by atoms with Gasteiger partial charge in [0.05, 0.1) is 5.52 Å². The van der Waals surface area contributed by atoms with Gasteiger partial charge in [-0.25, -0.2) is 4.79 Å². The number of carbonyl (C=O) groups excluding carboxylic acids is 1. The normalized spacial score (nSPS) is 11.3. The van der Waals surface area contributed by atoms with Crippen LogP contribution in [0.3, 0.4) is 0 Å². The third-order valence-electron chi connectivity index (χ3n) is 4.00. The Labute approximate surface area is 129 Å². The van der Waals surface area contributed by atoms with Crippen LogP contribution in [0.2, 0.25) is 0 Å². The van der Waals surface area contributed by atoms with Gasteiger partial charge in [0.25, 0.3) is 0 Å². The SMILES string of the molecule is C#CC(CC)(CC)NC(=O)CCn1c(=O)oc2ccccc21. The van der Waals surface area contributed by atoms with Crippen LogP contribution >= 0.6 is 0 Å². The number of rotatable bonds is 6. The van der Waals surface area contributed by atoms with Crippen molar-refractivity contribution in [1.29, 1.82) is 0 Å². The largest absolute Gasteiger partial charge is 0.419 e. The number of hydrogen-bond donors (Lipinski definition) is 1. The van der Waals surface area contributed by atoms with Gasteiger partial charge in [-0.05, 0) is 25.0 Å². The minimum absolute atomic E-state index is 0.168. The van der Waals surface area contributed by atoms with Gasteiger partial charge < -0.3 is 9.73 Å². The maximum Gasteiger partial charge on any atom is 0.419 e. The van der Waals surface area contributed by atoms with Crippen molar-refractivity contribution in [2.45, 2.75) is 45.2 Å². The first-order chi connectivity index (χ1) is 10.5. The Kier molecular flexibility index (Phi) is 4.71. The molecule has 0 aliphatic heterocycles. The molecule has 0 atom stereocenters. The van der Waals surface area contributed by atoms with E-state index in [2.05, 4.69) is 11.2 Å². The average molecular weight is 300 g/mol. The van der Waals surface area contributed by atoms with Crippen LogP contribution in [0.5, 0.6) is 0 Å². The molecule has 0 fully saturated rings. The van der Waals surface area contributed by atoms with Gasteiger partial charge in [-0.2, -0.15) is 0 Å². The van der Waals surface area contributed by atoms with Crippen molar-refractivity contribution in [3.63, 3.8) is 0 Å². The van der Waals surface area contributed by atoms with Crippen LogP contribution in [-0.4, -0.2) is 16.0 Å². The monoisotopic (exact) mass is 300 g/mol. The van der Waals surface area contributed by atoms with E-state index in [9.17, 15) is 9.59 Å². The third-order valence-corrected chi connectivity index (χ3v) is 4.00. The zero-order valence-electron chi connectivity index (χ0n) is 12.9. The lowest BCUT2D eigenvalue weighted by Crippen LogP contribution is -2.46. The van der Waals surface area contributed by atoms with Crippen LogP contribution < -0.4 is 11.1 Å². The summed E-state index contributed by atoms with van der Waals surface area (Å²) in [6, 6.07) is 7.14. The lowest BCUT2D eigenvalue weighted by atomic mass is 9.94. The first-order valence-corrected chi connectivity index (χ1v) is 7.42. The van der Waals surface area contributed by atoms with E-state index >= 15 is 0 Å². The van der Waals surface area contributed by atoms with Crippen molar-refractivity contribution >= 4 is 17.0 Å². The molecule has 5 heteroatoms. The summed E-state index contributed by atoms with van der Waals surface area (Å²) in [5.41, 5.74) is 0.600. The number of aryl methyl sites for hydroxylation is 1. The lowest BCUT2D eigenvalue weighted by Gasteiger charge is -2.27. The average Bonchev–Trinajstić information content (AvgIpc) is 2.86. The number of carbonyl (C=O) groups is 1. The lowest BCUT2D eigenvalue weighted by molar-refractivity contribution is -0.122. The van der Waals surface area contributed by atoms with Gasteiger partial charge in [0, 0.05) is 13.0 Å². The molecule has 0 aliphatic carbocycles. The highest BCUT2D eigenvalue weighted by atomic mass is 16.4. The highest BCUT2D eigenvalue weighted by Crippen LogP contribution is 2.15. The number of fused-ring (bicyclic) bond motifs is 1.